The lowest BCUT2D eigenvalue weighted by atomic mass is 9.84. The summed E-state index contributed by atoms with van der Waals surface area (Å²) < 4.78 is 0. The Bertz CT molecular complexity index is 435. The van der Waals surface area contributed by atoms with Crippen molar-refractivity contribution in [1.82, 2.24) is 15.5 Å². The number of carbonyl (C=O) groups is 3. The molecule has 7 heteroatoms. The predicted octanol–water partition coefficient (Wildman–Crippen LogP) is -0.972. The van der Waals surface area contributed by atoms with E-state index in [1.165, 1.54) is 0 Å². The second kappa shape index (κ2) is 5.05. The van der Waals surface area contributed by atoms with Gasteiger partial charge in [-0.25, -0.2) is 4.79 Å². The topological polar surface area (TPSA) is 105 Å². The molecule has 0 aromatic heterocycles. The number of carbonyl (C=O) groups excluding carboxylic acids is 3. The fourth-order valence-corrected chi connectivity index (χ4v) is 3.82. The maximum absolute atomic E-state index is 12.2. The van der Waals surface area contributed by atoms with Crippen LogP contribution in [-0.4, -0.2) is 48.4 Å². The number of amides is 4. The van der Waals surface area contributed by atoms with Gasteiger partial charge in [0.25, 0.3) is 0 Å². The van der Waals surface area contributed by atoms with Crippen LogP contribution in [0.4, 0.5) is 4.79 Å². The van der Waals surface area contributed by atoms with E-state index in [0.29, 0.717) is 18.4 Å². The summed E-state index contributed by atoms with van der Waals surface area (Å²) in [6, 6.07) is -0.425. The Morgan fingerprint density at radius 3 is 2.70 bits per heavy atom. The Hall–Kier alpha value is -1.63. The van der Waals surface area contributed by atoms with Crippen LogP contribution in [0, 0.1) is 17.8 Å². The van der Waals surface area contributed by atoms with Gasteiger partial charge in [-0.05, 0) is 31.1 Å². The average Bonchev–Trinajstić information content (AvgIpc) is 3.08. The fraction of sp³-hybridized carbons (Fsp3) is 0.769. The molecule has 0 spiro atoms. The number of nitrogens with one attached hydrogen (secondary N) is 2. The number of hydrogen-bond acceptors (Lipinski definition) is 4. The van der Waals surface area contributed by atoms with Crippen molar-refractivity contribution >= 4 is 17.8 Å². The Kier molecular flexibility index (Phi) is 3.37. The summed E-state index contributed by atoms with van der Waals surface area (Å²) in [7, 11) is 0. The fourth-order valence-electron chi connectivity index (χ4n) is 3.82. The summed E-state index contributed by atoms with van der Waals surface area (Å²) in [5.41, 5.74) is 6.11. The van der Waals surface area contributed by atoms with Crippen molar-refractivity contribution in [2.24, 2.45) is 23.5 Å². The van der Waals surface area contributed by atoms with Crippen molar-refractivity contribution in [2.45, 2.75) is 25.3 Å². The molecule has 1 saturated heterocycles. The molecule has 1 aliphatic heterocycles. The van der Waals surface area contributed by atoms with Crippen molar-refractivity contribution in [2.75, 3.05) is 19.6 Å². The quantitative estimate of drug-likeness (QED) is 0.576. The van der Waals surface area contributed by atoms with E-state index in [1.54, 1.807) is 0 Å². The van der Waals surface area contributed by atoms with Gasteiger partial charge in [0.2, 0.25) is 11.8 Å². The number of fused-ring (bicyclic) bond motifs is 2. The maximum atomic E-state index is 12.2. The molecule has 2 saturated carbocycles. The third-order valence-corrected chi connectivity index (χ3v) is 4.86. The monoisotopic (exact) mass is 280 g/mol. The maximum Gasteiger partial charge on any atom is 0.324 e. The molecule has 1 heterocycles. The predicted molar refractivity (Wildman–Crippen MR) is 70.4 cm³/mol. The Balaban J connectivity index is 1.48. The molecular formula is C13H20N4O3. The molecule has 110 valence electrons. The molecule has 4 unspecified atom stereocenters. The minimum atomic E-state index is -0.388. The van der Waals surface area contributed by atoms with E-state index in [-0.39, 0.29) is 42.9 Å². The van der Waals surface area contributed by atoms with Gasteiger partial charge in [0, 0.05) is 19.1 Å². The van der Waals surface area contributed by atoms with Crippen LogP contribution in [0.25, 0.3) is 0 Å². The minimum Gasteiger partial charge on any atom is -0.354 e. The number of nitrogens with zero attached hydrogens (tertiary/aromatic N) is 1. The molecule has 0 radical (unpaired) electrons. The number of nitrogens with two attached hydrogens (primary N) is 1. The van der Waals surface area contributed by atoms with Gasteiger partial charge in [0.05, 0.1) is 12.5 Å². The van der Waals surface area contributed by atoms with Crippen LogP contribution in [-0.2, 0) is 9.59 Å². The number of rotatable bonds is 4. The van der Waals surface area contributed by atoms with Gasteiger partial charge in [-0.2, -0.15) is 0 Å². The second-order valence-electron chi connectivity index (χ2n) is 5.93. The van der Waals surface area contributed by atoms with Crippen LogP contribution in [0.5, 0.6) is 0 Å². The summed E-state index contributed by atoms with van der Waals surface area (Å²) in [6.45, 7) is 0.551. The summed E-state index contributed by atoms with van der Waals surface area (Å²) in [5.74, 6) is 0.517. The highest BCUT2D eigenvalue weighted by Crippen LogP contribution is 2.47. The van der Waals surface area contributed by atoms with Gasteiger partial charge in [-0.15, -0.1) is 0 Å². The van der Waals surface area contributed by atoms with Crippen LogP contribution < -0.4 is 16.4 Å². The molecule has 2 aliphatic carbocycles. The highest BCUT2D eigenvalue weighted by atomic mass is 16.2. The van der Waals surface area contributed by atoms with Gasteiger partial charge in [0.15, 0.2) is 0 Å². The van der Waals surface area contributed by atoms with Gasteiger partial charge in [-0.1, -0.05) is 0 Å². The van der Waals surface area contributed by atoms with Crippen molar-refractivity contribution in [3.8, 4) is 0 Å². The third kappa shape index (κ3) is 2.15. The van der Waals surface area contributed by atoms with E-state index in [4.69, 9.17) is 5.73 Å². The van der Waals surface area contributed by atoms with E-state index in [9.17, 15) is 14.4 Å². The van der Waals surface area contributed by atoms with Crippen molar-refractivity contribution < 1.29 is 14.4 Å². The van der Waals surface area contributed by atoms with Crippen LogP contribution in [0.15, 0.2) is 0 Å². The molecule has 4 atom stereocenters. The molecule has 4 N–H and O–H groups in total. The lowest BCUT2D eigenvalue weighted by Crippen LogP contribution is -2.47. The van der Waals surface area contributed by atoms with Crippen molar-refractivity contribution in [1.29, 1.82) is 0 Å². The summed E-state index contributed by atoms with van der Waals surface area (Å²) in [6.07, 6.45) is 3.29. The Morgan fingerprint density at radius 1 is 1.35 bits per heavy atom. The molecule has 2 bridgehead atoms. The summed E-state index contributed by atoms with van der Waals surface area (Å²) in [5, 5.41) is 5.26. The summed E-state index contributed by atoms with van der Waals surface area (Å²) >= 11 is 0. The van der Waals surface area contributed by atoms with E-state index in [2.05, 4.69) is 10.6 Å². The van der Waals surface area contributed by atoms with Crippen LogP contribution in [0.2, 0.25) is 0 Å². The zero-order valence-electron chi connectivity index (χ0n) is 11.3. The van der Waals surface area contributed by atoms with E-state index < -0.39 is 0 Å². The molecule has 3 aliphatic rings. The molecule has 20 heavy (non-hydrogen) atoms. The minimum absolute atomic E-state index is 0.0308. The van der Waals surface area contributed by atoms with Crippen molar-refractivity contribution in [3.05, 3.63) is 0 Å². The third-order valence-electron chi connectivity index (χ3n) is 4.86. The molecule has 0 aromatic rings. The molecule has 4 amide bonds. The molecule has 3 rings (SSSR count). The zero-order valence-corrected chi connectivity index (χ0v) is 11.3. The first-order valence-corrected chi connectivity index (χ1v) is 7.19. The van der Waals surface area contributed by atoms with Crippen LogP contribution in [0.3, 0.4) is 0 Å². The van der Waals surface area contributed by atoms with Gasteiger partial charge >= 0.3 is 6.03 Å². The van der Waals surface area contributed by atoms with Crippen LogP contribution in [0.1, 0.15) is 19.3 Å². The highest BCUT2D eigenvalue weighted by molar-refractivity contribution is 6.01. The van der Waals surface area contributed by atoms with E-state index in [1.807, 2.05) is 0 Å². The average molecular weight is 280 g/mol. The molecule has 0 aromatic carbocycles. The molecule has 7 nitrogen and oxygen atoms in total. The Morgan fingerprint density at radius 2 is 2.10 bits per heavy atom. The van der Waals surface area contributed by atoms with E-state index >= 15 is 0 Å². The SMILES string of the molecule is NC1C2CCC(C2)C1C(=O)NCCN1C(=O)CNC1=O. The largest absolute Gasteiger partial charge is 0.354 e. The van der Waals surface area contributed by atoms with Gasteiger partial charge < -0.3 is 16.4 Å². The highest BCUT2D eigenvalue weighted by Gasteiger charge is 2.48. The lowest BCUT2D eigenvalue weighted by Gasteiger charge is -2.27. The number of imide groups is 1. The number of hydrogen-bond donors (Lipinski definition) is 3. The zero-order chi connectivity index (χ0) is 14.3. The number of urea groups is 1. The Labute approximate surface area is 117 Å². The smallest absolute Gasteiger partial charge is 0.324 e. The summed E-state index contributed by atoms with van der Waals surface area (Å²) in [4.78, 5) is 36.0. The first kappa shape index (κ1) is 13.4. The first-order valence-electron chi connectivity index (χ1n) is 7.19. The standard InChI is InChI=1S/C13H20N4O3/c14-11-8-2-1-7(5-8)10(11)12(19)15-3-4-17-9(18)6-16-13(17)20/h7-8,10-11H,1-6,14H2,(H,15,19)(H,16,20). The molecule has 3 fully saturated rings. The lowest BCUT2D eigenvalue weighted by molar-refractivity contribution is -0.128. The van der Waals surface area contributed by atoms with Crippen LogP contribution >= 0.6 is 0 Å². The van der Waals surface area contributed by atoms with Gasteiger partial charge in [0.1, 0.15) is 0 Å². The van der Waals surface area contributed by atoms with Gasteiger partial charge in [-0.3, -0.25) is 14.5 Å². The van der Waals surface area contributed by atoms with Crippen molar-refractivity contribution in [3.63, 3.8) is 0 Å². The second-order valence-corrected chi connectivity index (χ2v) is 5.93. The first-order chi connectivity index (χ1) is 9.58. The molecular weight excluding hydrogens is 260 g/mol. The van der Waals surface area contributed by atoms with E-state index in [0.717, 1.165) is 24.2 Å². The normalized spacial score (nSPS) is 35.5.